The lowest BCUT2D eigenvalue weighted by molar-refractivity contribution is 0.304. The SMILES string of the molecule is CCn1nnnc1NCc1c(OCc2ccccc2Cl)ccc2ccccc12. The Morgan fingerprint density at radius 1 is 1.04 bits per heavy atom. The van der Waals surface area contributed by atoms with Gasteiger partial charge in [-0.05, 0) is 40.3 Å². The molecule has 1 N–H and O–H groups in total. The highest BCUT2D eigenvalue weighted by atomic mass is 35.5. The van der Waals surface area contributed by atoms with Crippen molar-refractivity contribution < 1.29 is 4.74 Å². The smallest absolute Gasteiger partial charge is 0.243 e. The van der Waals surface area contributed by atoms with Gasteiger partial charge in [-0.25, -0.2) is 4.68 Å². The quantitative estimate of drug-likeness (QED) is 0.493. The van der Waals surface area contributed by atoms with Crippen molar-refractivity contribution in [1.29, 1.82) is 0 Å². The molecule has 0 radical (unpaired) electrons. The van der Waals surface area contributed by atoms with Crippen LogP contribution in [0.3, 0.4) is 0 Å². The highest BCUT2D eigenvalue weighted by molar-refractivity contribution is 6.31. The molecule has 3 aromatic carbocycles. The molecule has 142 valence electrons. The molecule has 7 heteroatoms. The summed E-state index contributed by atoms with van der Waals surface area (Å²) in [4.78, 5) is 0. The number of tetrazole rings is 1. The number of ether oxygens (including phenoxy) is 1. The molecular formula is C21H20ClN5O. The van der Waals surface area contributed by atoms with Crippen LogP contribution >= 0.6 is 11.6 Å². The standard InChI is InChI=1S/C21H20ClN5O/c1-2-27-21(24-25-26-27)23-13-18-17-9-5-3-7-15(17)11-12-20(18)28-14-16-8-4-6-10-19(16)22/h3-12H,2,13-14H2,1H3,(H,23,24,26). The third-order valence-electron chi connectivity index (χ3n) is 4.59. The molecule has 0 spiro atoms. The Kier molecular flexibility index (Phi) is 5.39. The van der Waals surface area contributed by atoms with Crippen LogP contribution in [0.5, 0.6) is 5.75 Å². The lowest BCUT2D eigenvalue weighted by Gasteiger charge is -2.16. The maximum Gasteiger partial charge on any atom is 0.243 e. The van der Waals surface area contributed by atoms with Gasteiger partial charge < -0.3 is 10.1 Å². The molecule has 0 amide bonds. The molecule has 0 saturated carbocycles. The minimum atomic E-state index is 0.401. The Bertz CT molecular complexity index is 1100. The zero-order chi connectivity index (χ0) is 19.3. The molecule has 6 nitrogen and oxygen atoms in total. The van der Waals surface area contributed by atoms with Crippen molar-refractivity contribution in [3.8, 4) is 5.75 Å². The van der Waals surface area contributed by atoms with E-state index in [2.05, 4.69) is 39.0 Å². The number of hydrogen-bond acceptors (Lipinski definition) is 5. The predicted octanol–water partition coefficient (Wildman–Crippen LogP) is 4.69. The van der Waals surface area contributed by atoms with Crippen LogP contribution in [-0.2, 0) is 19.7 Å². The number of hydrogen-bond donors (Lipinski definition) is 1. The van der Waals surface area contributed by atoms with E-state index < -0.39 is 0 Å². The second-order valence-electron chi connectivity index (χ2n) is 6.32. The van der Waals surface area contributed by atoms with Gasteiger partial charge in [0.25, 0.3) is 0 Å². The van der Waals surface area contributed by atoms with Gasteiger partial charge in [-0.1, -0.05) is 65.2 Å². The number of anilines is 1. The van der Waals surface area contributed by atoms with E-state index in [4.69, 9.17) is 16.3 Å². The van der Waals surface area contributed by atoms with Crippen LogP contribution in [0.15, 0.2) is 60.7 Å². The fourth-order valence-corrected chi connectivity index (χ4v) is 3.31. The summed E-state index contributed by atoms with van der Waals surface area (Å²) in [5.41, 5.74) is 2.00. The van der Waals surface area contributed by atoms with E-state index in [9.17, 15) is 0 Å². The van der Waals surface area contributed by atoms with Crippen LogP contribution in [0.4, 0.5) is 5.95 Å². The van der Waals surface area contributed by atoms with Crippen molar-refractivity contribution in [2.24, 2.45) is 0 Å². The van der Waals surface area contributed by atoms with Gasteiger partial charge in [0.05, 0.1) is 0 Å². The first kappa shape index (κ1) is 18.3. The first-order valence-corrected chi connectivity index (χ1v) is 9.51. The number of fused-ring (bicyclic) bond motifs is 1. The predicted molar refractivity (Wildman–Crippen MR) is 111 cm³/mol. The third kappa shape index (κ3) is 3.77. The van der Waals surface area contributed by atoms with Crippen LogP contribution in [0.1, 0.15) is 18.1 Å². The van der Waals surface area contributed by atoms with Crippen LogP contribution in [0.2, 0.25) is 5.02 Å². The topological polar surface area (TPSA) is 64.9 Å². The molecule has 0 aliphatic heterocycles. The van der Waals surface area contributed by atoms with Crippen molar-refractivity contribution in [2.45, 2.75) is 26.6 Å². The van der Waals surface area contributed by atoms with Gasteiger partial charge in [0.15, 0.2) is 0 Å². The summed E-state index contributed by atoms with van der Waals surface area (Å²) in [7, 11) is 0. The Labute approximate surface area is 168 Å². The summed E-state index contributed by atoms with van der Waals surface area (Å²) in [6.07, 6.45) is 0. The van der Waals surface area contributed by atoms with Crippen LogP contribution < -0.4 is 10.1 Å². The Balaban J connectivity index is 1.64. The Hall–Kier alpha value is -3.12. The van der Waals surface area contributed by atoms with E-state index in [1.807, 2.05) is 49.4 Å². The van der Waals surface area contributed by atoms with Crippen LogP contribution in [-0.4, -0.2) is 20.2 Å². The molecule has 4 rings (SSSR count). The number of nitrogens with zero attached hydrogens (tertiary/aromatic N) is 4. The summed E-state index contributed by atoms with van der Waals surface area (Å²) in [5, 5.41) is 18.0. The average molecular weight is 394 g/mol. The molecule has 0 atom stereocenters. The zero-order valence-corrected chi connectivity index (χ0v) is 16.2. The maximum absolute atomic E-state index is 6.27. The fourth-order valence-electron chi connectivity index (χ4n) is 3.12. The number of rotatable bonds is 7. The van der Waals surface area contributed by atoms with Crippen molar-refractivity contribution in [1.82, 2.24) is 20.2 Å². The summed E-state index contributed by atoms with van der Waals surface area (Å²) < 4.78 is 7.87. The molecule has 0 aliphatic rings. The lowest BCUT2D eigenvalue weighted by atomic mass is 10.0. The number of aryl methyl sites for hydroxylation is 1. The van der Waals surface area contributed by atoms with Gasteiger partial charge >= 0.3 is 0 Å². The van der Waals surface area contributed by atoms with Gasteiger partial charge in [0.2, 0.25) is 5.95 Å². The third-order valence-corrected chi connectivity index (χ3v) is 4.96. The molecule has 0 aliphatic carbocycles. The van der Waals surface area contributed by atoms with E-state index in [0.29, 0.717) is 30.7 Å². The summed E-state index contributed by atoms with van der Waals surface area (Å²) in [6, 6.07) is 20.0. The van der Waals surface area contributed by atoms with Crippen molar-refractivity contribution in [2.75, 3.05) is 5.32 Å². The molecule has 0 bridgehead atoms. The monoisotopic (exact) mass is 393 g/mol. The van der Waals surface area contributed by atoms with E-state index in [0.717, 1.165) is 27.6 Å². The second kappa shape index (κ2) is 8.27. The minimum Gasteiger partial charge on any atom is -0.488 e. The van der Waals surface area contributed by atoms with E-state index in [-0.39, 0.29) is 0 Å². The van der Waals surface area contributed by atoms with E-state index in [1.165, 1.54) is 0 Å². The Morgan fingerprint density at radius 2 is 1.86 bits per heavy atom. The molecule has 4 aromatic rings. The minimum absolute atomic E-state index is 0.401. The molecule has 0 fully saturated rings. The summed E-state index contributed by atoms with van der Waals surface area (Å²) in [5.74, 6) is 1.44. The second-order valence-corrected chi connectivity index (χ2v) is 6.72. The largest absolute Gasteiger partial charge is 0.488 e. The normalized spacial score (nSPS) is 10.9. The van der Waals surface area contributed by atoms with Crippen LogP contribution in [0, 0.1) is 0 Å². The highest BCUT2D eigenvalue weighted by Crippen LogP contribution is 2.30. The maximum atomic E-state index is 6.27. The van der Waals surface area contributed by atoms with E-state index in [1.54, 1.807) is 4.68 Å². The molecule has 0 saturated heterocycles. The van der Waals surface area contributed by atoms with Gasteiger partial charge in [-0.2, -0.15) is 0 Å². The zero-order valence-electron chi connectivity index (χ0n) is 15.5. The van der Waals surface area contributed by atoms with Crippen molar-refractivity contribution in [3.05, 3.63) is 76.8 Å². The number of nitrogens with one attached hydrogen (secondary N) is 1. The molecule has 1 aromatic heterocycles. The van der Waals surface area contributed by atoms with Gasteiger partial charge in [0.1, 0.15) is 12.4 Å². The van der Waals surface area contributed by atoms with Crippen LogP contribution in [0.25, 0.3) is 10.8 Å². The van der Waals surface area contributed by atoms with Gasteiger partial charge in [0, 0.05) is 29.2 Å². The fraction of sp³-hybridized carbons (Fsp3) is 0.190. The number of halogens is 1. The first-order valence-electron chi connectivity index (χ1n) is 9.13. The highest BCUT2D eigenvalue weighted by Gasteiger charge is 2.12. The van der Waals surface area contributed by atoms with Crippen molar-refractivity contribution >= 4 is 28.3 Å². The summed E-state index contributed by atoms with van der Waals surface area (Å²) >= 11 is 6.27. The molecule has 28 heavy (non-hydrogen) atoms. The van der Waals surface area contributed by atoms with E-state index >= 15 is 0 Å². The number of benzene rings is 3. The number of aromatic nitrogens is 4. The first-order chi connectivity index (χ1) is 13.8. The van der Waals surface area contributed by atoms with Crippen molar-refractivity contribution in [3.63, 3.8) is 0 Å². The molecule has 1 heterocycles. The summed E-state index contributed by atoms with van der Waals surface area (Å²) in [6.45, 7) is 3.63. The Morgan fingerprint density at radius 3 is 2.71 bits per heavy atom. The molecule has 0 unspecified atom stereocenters. The lowest BCUT2D eigenvalue weighted by Crippen LogP contribution is -2.09. The molecular weight excluding hydrogens is 374 g/mol. The van der Waals surface area contributed by atoms with Gasteiger partial charge in [-0.15, -0.1) is 0 Å². The van der Waals surface area contributed by atoms with Gasteiger partial charge in [-0.3, -0.25) is 0 Å². The average Bonchev–Trinajstić information content (AvgIpc) is 3.19.